The molecular formula is C32H34N4O5S6. The van der Waals surface area contributed by atoms with E-state index in [1.165, 1.54) is 23.5 Å². The molecule has 1 fully saturated rings. The minimum absolute atomic E-state index is 0.00458. The molecule has 5 aliphatic rings. The number of thiophene rings is 1. The summed E-state index contributed by atoms with van der Waals surface area (Å²) in [4.78, 5) is 59.0. The Balaban J connectivity index is 1.48. The van der Waals surface area contributed by atoms with Crippen LogP contribution in [0.2, 0.25) is 0 Å². The van der Waals surface area contributed by atoms with E-state index in [2.05, 4.69) is 28.0 Å². The highest BCUT2D eigenvalue weighted by molar-refractivity contribution is 8.06. The molecule has 6 atom stereocenters. The van der Waals surface area contributed by atoms with E-state index in [0.29, 0.717) is 12.0 Å². The second-order valence-corrected chi connectivity index (χ2v) is 17.6. The van der Waals surface area contributed by atoms with Gasteiger partial charge in [-0.05, 0) is 74.3 Å². The highest BCUT2D eigenvalue weighted by Crippen LogP contribution is 2.54. The molecule has 1 saturated carbocycles. The number of aromatic nitrogens is 1. The molecule has 1 aliphatic heterocycles. The molecule has 6 unspecified atom stereocenters. The number of aliphatic hydroxyl groups excluding tert-OH is 1. The molecule has 9 nitrogen and oxygen atoms in total. The number of nitrogens with one attached hydrogen (secondary N) is 1. The van der Waals surface area contributed by atoms with Crippen molar-refractivity contribution in [1.29, 1.82) is 0 Å². The van der Waals surface area contributed by atoms with Gasteiger partial charge in [-0.1, -0.05) is 12.1 Å². The number of allylic oxidation sites excluding steroid dienone is 3. The third-order valence-corrected chi connectivity index (χ3v) is 16.0. The maximum Gasteiger partial charge on any atom is 0.274 e. The molecule has 6 rings (SSSR count). The van der Waals surface area contributed by atoms with Crippen LogP contribution in [0.4, 0.5) is 0 Å². The number of hydrogen-bond acceptors (Lipinski definition) is 13. The predicted molar refractivity (Wildman–Crippen MR) is 197 cm³/mol. The van der Waals surface area contributed by atoms with Crippen LogP contribution in [0.5, 0.6) is 0 Å². The first-order valence-corrected chi connectivity index (χ1v) is 21.8. The quantitative estimate of drug-likeness (QED) is 0.305. The Labute approximate surface area is 296 Å². The van der Waals surface area contributed by atoms with Crippen LogP contribution in [0.1, 0.15) is 25.7 Å². The summed E-state index contributed by atoms with van der Waals surface area (Å²) in [5.74, 6) is -1.45. The summed E-state index contributed by atoms with van der Waals surface area (Å²) in [6, 6.07) is 6.67. The van der Waals surface area contributed by atoms with Crippen molar-refractivity contribution in [3.63, 3.8) is 0 Å². The normalized spacial score (nSPS) is 27.1. The van der Waals surface area contributed by atoms with Crippen LogP contribution >= 0.6 is 70.3 Å². The Kier molecular flexibility index (Phi) is 10.9. The van der Waals surface area contributed by atoms with Gasteiger partial charge in [0.05, 0.1) is 25.4 Å². The molecule has 1 aromatic rings. The summed E-state index contributed by atoms with van der Waals surface area (Å²) < 4.78 is 1.80. The zero-order chi connectivity index (χ0) is 33.4. The Hall–Kier alpha value is -2.17. The number of aliphatic hydroxyl groups is 1. The third kappa shape index (κ3) is 6.24. The van der Waals surface area contributed by atoms with E-state index < -0.39 is 22.9 Å². The molecule has 4 aliphatic carbocycles. The van der Waals surface area contributed by atoms with Gasteiger partial charge in [0.2, 0.25) is 0 Å². The van der Waals surface area contributed by atoms with Crippen molar-refractivity contribution in [3.8, 4) is 0 Å². The zero-order valence-electron chi connectivity index (χ0n) is 26.1. The van der Waals surface area contributed by atoms with E-state index in [1.807, 2.05) is 36.1 Å². The summed E-state index contributed by atoms with van der Waals surface area (Å²) in [5.41, 5.74) is 2.26. The smallest absolute Gasteiger partial charge is 0.274 e. The van der Waals surface area contributed by atoms with Crippen molar-refractivity contribution in [2.45, 2.75) is 50.9 Å². The summed E-state index contributed by atoms with van der Waals surface area (Å²) in [6.07, 6.45) is 13.4. The standard InChI is InChI=1S/C32H34N4O5S6/c1-42-26-21-22(27(43-2)29(45-4)28(26)44-3)25(38)23(24(21)37)35-34-17-13-12-16(33-30(39)15-9-6-5-7-10-15)19-20(17)32(41)36(31(19)40)47-18-11-8-14-46-18/h8-9,11-14,21-22,26-29,35,37H,5-7,10H2,1-4H3. The second kappa shape index (κ2) is 14.8. The molecule has 0 saturated heterocycles. The van der Waals surface area contributed by atoms with Crippen LogP contribution < -0.4 is 27.3 Å². The summed E-state index contributed by atoms with van der Waals surface area (Å²) in [5, 5.41) is 18.6. The first kappa shape index (κ1) is 34.7. The fraction of sp³-hybridized carbons (Fsp3) is 0.438. The van der Waals surface area contributed by atoms with Crippen molar-refractivity contribution in [2.75, 3.05) is 25.0 Å². The molecule has 248 valence electrons. The van der Waals surface area contributed by atoms with Crippen molar-refractivity contribution < 1.29 is 14.7 Å². The van der Waals surface area contributed by atoms with Gasteiger partial charge in [0.25, 0.3) is 17.0 Å². The van der Waals surface area contributed by atoms with E-state index in [0.717, 1.165) is 39.4 Å². The Morgan fingerprint density at radius 1 is 0.894 bits per heavy atom. The van der Waals surface area contributed by atoms with Gasteiger partial charge >= 0.3 is 0 Å². The molecule has 0 radical (unpaired) electrons. The van der Waals surface area contributed by atoms with Gasteiger partial charge in [0.1, 0.15) is 11.5 Å². The molecule has 47 heavy (non-hydrogen) atoms. The van der Waals surface area contributed by atoms with Crippen molar-refractivity contribution in [1.82, 2.24) is 9.40 Å². The number of carbonyl (C=O) groups is 2. The molecule has 1 amide bonds. The fourth-order valence-electron chi connectivity index (χ4n) is 6.81. The largest absolute Gasteiger partial charge is 0.510 e. The molecule has 0 spiro atoms. The molecular weight excluding hydrogens is 713 g/mol. The van der Waals surface area contributed by atoms with E-state index in [4.69, 9.17) is 0 Å². The minimum atomic E-state index is -0.592. The summed E-state index contributed by atoms with van der Waals surface area (Å²) in [6.45, 7) is 0. The van der Waals surface area contributed by atoms with Crippen molar-refractivity contribution >= 4 is 82.0 Å². The van der Waals surface area contributed by atoms with E-state index in [1.54, 1.807) is 47.0 Å². The molecule has 0 bridgehead atoms. The SMILES string of the molecule is CSC1C(SC)C(SC)C2C(O)=C(NN=c3ccc(=NC(=O)C4=CCCCC4)c4c(=O)n(Sc5cccs5)c(=O)c3=4)C(=O)C2C1SC. The van der Waals surface area contributed by atoms with Gasteiger partial charge in [-0.25, -0.2) is 8.96 Å². The fourth-order valence-corrected chi connectivity index (χ4v) is 14.5. The molecule has 2 N–H and O–H groups in total. The van der Waals surface area contributed by atoms with Gasteiger partial charge in [-0.2, -0.15) is 52.1 Å². The number of fused-ring (bicyclic) bond motifs is 1. The predicted octanol–water partition coefficient (Wildman–Crippen LogP) is 4.28. The second-order valence-electron chi connectivity index (χ2n) is 11.4. The van der Waals surface area contributed by atoms with Crippen molar-refractivity contribution in [3.05, 3.63) is 94.6 Å². The lowest BCUT2D eigenvalue weighted by molar-refractivity contribution is -0.120. The maximum absolute atomic E-state index is 14.0. The summed E-state index contributed by atoms with van der Waals surface area (Å²) in [7, 11) is 0. The van der Waals surface area contributed by atoms with E-state index in [-0.39, 0.29) is 65.3 Å². The Morgan fingerprint density at radius 3 is 2.13 bits per heavy atom. The van der Waals surface area contributed by atoms with Gasteiger partial charge in [-0.15, -0.1) is 11.3 Å². The zero-order valence-corrected chi connectivity index (χ0v) is 31.0. The molecule has 15 heteroatoms. The summed E-state index contributed by atoms with van der Waals surface area (Å²) >= 11 is 9.24. The number of ketones is 1. The number of hydrogen-bond donors (Lipinski definition) is 2. The van der Waals surface area contributed by atoms with Crippen LogP contribution in [0.15, 0.2) is 76.6 Å². The first-order valence-electron chi connectivity index (χ1n) is 15.0. The number of amides is 1. The molecule has 2 heterocycles. The van der Waals surface area contributed by atoms with Crippen LogP contribution in [0, 0.1) is 22.3 Å². The van der Waals surface area contributed by atoms with Crippen LogP contribution in [-0.4, -0.2) is 66.8 Å². The van der Waals surface area contributed by atoms with Gasteiger partial charge in [-0.3, -0.25) is 24.6 Å². The molecule has 0 aromatic carbocycles. The van der Waals surface area contributed by atoms with Crippen LogP contribution in [-0.2, 0) is 9.59 Å². The number of rotatable bonds is 9. The topological polar surface area (TPSA) is 130 Å². The third-order valence-electron chi connectivity index (χ3n) is 8.99. The number of carbonyl (C=O) groups excluding carboxylic acids is 2. The van der Waals surface area contributed by atoms with Crippen molar-refractivity contribution in [2.24, 2.45) is 21.9 Å². The average Bonchev–Trinajstić information content (AvgIpc) is 3.76. The highest BCUT2D eigenvalue weighted by Gasteiger charge is 2.58. The highest BCUT2D eigenvalue weighted by atomic mass is 32.2. The van der Waals surface area contributed by atoms with Crippen LogP contribution in [0.25, 0.3) is 0 Å². The Morgan fingerprint density at radius 2 is 1.53 bits per heavy atom. The lowest BCUT2D eigenvalue weighted by Crippen LogP contribution is -2.54. The first-order chi connectivity index (χ1) is 22.7. The maximum atomic E-state index is 14.0. The minimum Gasteiger partial charge on any atom is -0.510 e. The van der Waals surface area contributed by atoms with Gasteiger partial charge < -0.3 is 5.11 Å². The number of thioether (sulfide) groups is 4. The lowest BCUT2D eigenvalue weighted by Gasteiger charge is -2.47. The molecule has 1 aromatic heterocycles. The lowest BCUT2D eigenvalue weighted by atomic mass is 9.78. The number of Topliss-reactive ketones (excluding diaryl/α,β-unsaturated/α-hetero) is 1. The van der Waals surface area contributed by atoms with E-state index >= 15 is 0 Å². The monoisotopic (exact) mass is 746 g/mol. The number of nitrogens with zero attached hydrogens (tertiary/aromatic N) is 3. The van der Waals surface area contributed by atoms with Gasteiger partial charge in [0.15, 0.2) is 5.78 Å². The Bertz CT molecular complexity index is 2050. The van der Waals surface area contributed by atoms with Gasteiger partial charge in [0, 0.05) is 50.4 Å². The average molecular weight is 747 g/mol. The van der Waals surface area contributed by atoms with E-state index in [9.17, 15) is 24.3 Å². The van der Waals surface area contributed by atoms with Crippen LogP contribution in [0.3, 0.4) is 0 Å².